The van der Waals surface area contributed by atoms with Crippen molar-refractivity contribution in [3.63, 3.8) is 0 Å². The van der Waals surface area contributed by atoms with Crippen molar-refractivity contribution in [3.8, 4) is 0 Å². The van der Waals surface area contributed by atoms with Crippen molar-refractivity contribution in [2.24, 2.45) is 10.9 Å². The molecule has 2 rings (SSSR count). The monoisotopic (exact) mass is 269 g/mol. The van der Waals surface area contributed by atoms with Gasteiger partial charge in [-0.15, -0.1) is 0 Å². The Morgan fingerprint density at radius 2 is 2.06 bits per heavy atom. The average molecular weight is 269 g/mol. The average Bonchev–Trinajstić information content (AvgIpc) is 2.89. The van der Waals surface area contributed by atoms with Gasteiger partial charge >= 0.3 is 0 Å². The molecule has 0 bridgehead atoms. The molecule has 1 aliphatic rings. The fourth-order valence-corrected chi connectivity index (χ4v) is 3.81. The Bertz CT molecular complexity index is 542. The van der Waals surface area contributed by atoms with E-state index in [1.165, 1.54) is 16.4 Å². The maximum Gasteiger partial charge on any atom is 0.243 e. The molecule has 0 spiro atoms. The molecule has 0 aliphatic carbocycles. The molecule has 1 fully saturated rings. The third-order valence-electron chi connectivity index (χ3n) is 3.01. The van der Waals surface area contributed by atoms with Gasteiger partial charge in [0.25, 0.3) is 0 Å². The minimum Gasteiger partial charge on any atom is -0.409 e. The summed E-state index contributed by atoms with van der Waals surface area (Å²) in [6, 6.07) is 7.61. The highest BCUT2D eigenvalue weighted by molar-refractivity contribution is 7.89. The van der Waals surface area contributed by atoms with Gasteiger partial charge in [-0.05, 0) is 25.0 Å². The van der Waals surface area contributed by atoms with Gasteiger partial charge in [0.15, 0.2) is 5.84 Å². The van der Waals surface area contributed by atoms with Crippen molar-refractivity contribution < 1.29 is 13.6 Å². The second kappa shape index (κ2) is 4.95. The van der Waals surface area contributed by atoms with Gasteiger partial charge in [-0.25, -0.2) is 8.42 Å². The molecule has 0 saturated carbocycles. The number of nitrogens with zero attached hydrogens (tertiary/aromatic N) is 2. The Morgan fingerprint density at radius 1 is 1.39 bits per heavy atom. The lowest BCUT2D eigenvalue weighted by atomic mass is 10.2. The number of hydrogen-bond donors (Lipinski definition) is 2. The van der Waals surface area contributed by atoms with Crippen LogP contribution in [0.2, 0.25) is 0 Å². The Balaban J connectivity index is 2.36. The standard InChI is InChI=1S/C11H15N3O3S/c12-11(13-15)10-7-4-8-14(10)18(16,17)9-5-2-1-3-6-9/h1-3,5-6,10,15H,4,7-8H2,(H2,12,13)/t10-/m0/s1. The van der Waals surface area contributed by atoms with Gasteiger partial charge in [-0.1, -0.05) is 23.4 Å². The van der Waals surface area contributed by atoms with Crippen LogP contribution in [0, 0.1) is 0 Å². The van der Waals surface area contributed by atoms with Crippen molar-refractivity contribution in [1.29, 1.82) is 0 Å². The van der Waals surface area contributed by atoms with Gasteiger partial charge in [0.2, 0.25) is 10.0 Å². The molecule has 3 N–H and O–H groups in total. The predicted octanol–water partition coefficient (Wildman–Crippen LogP) is 0.586. The van der Waals surface area contributed by atoms with Crippen LogP contribution in [0.4, 0.5) is 0 Å². The van der Waals surface area contributed by atoms with E-state index in [1.807, 2.05) is 0 Å². The minimum atomic E-state index is -3.58. The van der Waals surface area contributed by atoms with Gasteiger partial charge in [0.05, 0.1) is 10.9 Å². The SMILES string of the molecule is N/C(=N\O)[C@@H]1CCCN1S(=O)(=O)c1ccccc1. The Morgan fingerprint density at radius 3 is 2.67 bits per heavy atom. The molecule has 1 atom stereocenters. The van der Waals surface area contributed by atoms with E-state index >= 15 is 0 Å². The smallest absolute Gasteiger partial charge is 0.243 e. The van der Waals surface area contributed by atoms with Crippen molar-refractivity contribution in [2.75, 3.05) is 6.54 Å². The fraction of sp³-hybridized carbons (Fsp3) is 0.364. The molecule has 1 heterocycles. The number of rotatable bonds is 3. The number of oxime groups is 1. The van der Waals surface area contributed by atoms with Crippen LogP contribution in [0.1, 0.15) is 12.8 Å². The third kappa shape index (κ3) is 2.19. The van der Waals surface area contributed by atoms with Crippen molar-refractivity contribution in [1.82, 2.24) is 4.31 Å². The van der Waals surface area contributed by atoms with Crippen LogP contribution in [0.3, 0.4) is 0 Å². The van der Waals surface area contributed by atoms with Crippen LogP contribution in [0.15, 0.2) is 40.4 Å². The predicted molar refractivity (Wildman–Crippen MR) is 66.8 cm³/mol. The maximum atomic E-state index is 12.4. The molecule has 0 unspecified atom stereocenters. The van der Waals surface area contributed by atoms with Crippen molar-refractivity contribution >= 4 is 15.9 Å². The molecule has 1 saturated heterocycles. The number of sulfonamides is 1. The van der Waals surface area contributed by atoms with Crippen molar-refractivity contribution in [2.45, 2.75) is 23.8 Å². The molecule has 1 aromatic rings. The van der Waals surface area contributed by atoms with E-state index in [1.54, 1.807) is 18.2 Å². The first-order chi connectivity index (χ1) is 8.57. The highest BCUT2D eigenvalue weighted by Crippen LogP contribution is 2.25. The summed E-state index contributed by atoms with van der Waals surface area (Å²) in [6.45, 7) is 0.387. The highest BCUT2D eigenvalue weighted by Gasteiger charge is 2.37. The molecular formula is C11H15N3O3S. The molecule has 98 valence electrons. The van der Waals surface area contributed by atoms with Crippen LogP contribution < -0.4 is 5.73 Å². The number of nitrogens with two attached hydrogens (primary N) is 1. The molecule has 1 aromatic carbocycles. The Labute approximate surface area is 106 Å². The highest BCUT2D eigenvalue weighted by atomic mass is 32.2. The molecule has 6 nitrogen and oxygen atoms in total. The summed E-state index contributed by atoms with van der Waals surface area (Å²) in [7, 11) is -3.58. The first kappa shape index (κ1) is 12.8. The van der Waals surface area contributed by atoms with E-state index < -0.39 is 16.1 Å². The van der Waals surface area contributed by atoms with Gasteiger partial charge < -0.3 is 10.9 Å². The molecule has 7 heteroatoms. The van der Waals surface area contributed by atoms with Crippen LogP contribution in [-0.4, -0.2) is 36.4 Å². The Kier molecular flexibility index (Phi) is 3.53. The molecule has 0 amide bonds. The summed E-state index contributed by atoms with van der Waals surface area (Å²) in [5.74, 6) is -0.0630. The quantitative estimate of drug-likeness (QED) is 0.363. The minimum absolute atomic E-state index is 0.0630. The second-order valence-corrected chi connectivity index (χ2v) is 6.00. The summed E-state index contributed by atoms with van der Waals surface area (Å²) < 4.78 is 26.1. The summed E-state index contributed by atoms with van der Waals surface area (Å²) in [5.41, 5.74) is 5.54. The van der Waals surface area contributed by atoms with E-state index in [0.29, 0.717) is 19.4 Å². The van der Waals surface area contributed by atoms with E-state index in [4.69, 9.17) is 10.9 Å². The zero-order valence-corrected chi connectivity index (χ0v) is 10.5. The van der Waals surface area contributed by atoms with Gasteiger partial charge in [0, 0.05) is 6.54 Å². The van der Waals surface area contributed by atoms with E-state index in [9.17, 15) is 8.42 Å². The first-order valence-electron chi connectivity index (χ1n) is 5.61. The zero-order valence-electron chi connectivity index (χ0n) is 9.73. The number of benzene rings is 1. The van der Waals surface area contributed by atoms with E-state index in [-0.39, 0.29) is 10.7 Å². The molecule has 0 aromatic heterocycles. The Hall–Kier alpha value is -1.60. The molecule has 0 radical (unpaired) electrons. The number of amidine groups is 1. The first-order valence-corrected chi connectivity index (χ1v) is 7.05. The lowest BCUT2D eigenvalue weighted by Gasteiger charge is -2.22. The van der Waals surface area contributed by atoms with Crippen LogP contribution in [0.5, 0.6) is 0 Å². The fourth-order valence-electron chi connectivity index (χ4n) is 2.12. The summed E-state index contributed by atoms with van der Waals surface area (Å²) in [5, 5.41) is 11.6. The second-order valence-electron chi connectivity index (χ2n) is 4.11. The molecular weight excluding hydrogens is 254 g/mol. The topological polar surface area (TPSA) is 96.0 Å². The molecule has 1 aliphatic heterocycles. The van der Waals surface area contributed by atoms with Crippen LogP contribution >= 0.6 is 0 Å². The zero-order chi connectivity index (χ0) is 13.2. The van der Waals surface area contributed by atoms with Gasteiger partial charge in [-0.3, -0.25) is 0 Å². The van der Waals surface area contributed by atoms with E-state index in [2.05, 4.69) is 5.16 Å². The van der Waals surface area contributed by atoms with Crippen LogP contribution in [-0.2, 0) is 10.0 Å². The number of hydrogen-bond acceptors (Lipinski definition) is 4. The van der Waals surface area contributed by atoms with Gasteiger partial charge in [-0.2, -0.15) is 4.31 Å². The normalized spacial score (nSPS) is 22.2. The summed E-state index contributed by atoms with van der Waals surface area (Å²) >= 11 is 0. The third-order valence-corrected chi connectivity index (χ3v) is 4.93. The lowest BCUT2D eigenvalue weighted by Crippen LogP contribution is -2.43. The van der Waals surface area contributed by atoms with Crippen molar-refractivity contribution in [3.05, 3.63) is 30.3 Å². The lowest BCUT2D eigenvalue weighted by molar-refractivity contribution is 0.311. The maximum absolute atomic E-state index is 12.4. The largest absolute Gasteiger partial charge is 0.409 e. The van der Waals surface area contributed by atoms with Crippen LogP contribution in [0.25, 0.3) is 0 Å². The van der Waals surface area contributed by atoms with E-state index in [0.717, 1.165) is 0 Å². The van der Waals surface area contributed by atoms with Gasteiger partial charge in [0.1, 0.15) is 0 Å². The summed E-state index contributed by atoms with van der Waals surface area (Å²) in [4.78, 5) is 0.225. The summed E-state index contributed by atoms with van der Waals surface area (Å²) in [6.07, 6.45) is 1.27. The molecule has 18 heavy (non-hydrogen) atoms.